The van der Waals surface area contributed by atoms with E-state index in [2.05, 4.69) is 28.3 Å². The summed E-state index contributed by atoms with van der Waals surface area (Å²) in [6.07, 6.45) is 6.09. The van der Waals surface area contributed by atoms with E-state index in [1.165, 1.54) is 4.88 Å². The van der Waals surface area contributed by atoms with Crippen molar-refractivity contribution in [2.75, 3.05) is 5.32 Å². The molecule has 18 heavy (non-hydrogen) atoms. The van der Waals surface area contributed by atoms with Gasteiger partial charge in [-0.3, -0.25) is 0 Å². The van der Waals surface area contributed by atoms with Crippen LogP contribution in [0.4, 0.5) is 5.82 Å². The lowest BCUT2D eigenvalue weighted by molar-refractivity contribution is 0.468. The summed E-state index contributed by atoms with van der Waals surface area (Å²) in [5.41, 5.74) is 0. The molecule has 0 unspecified atom stereocenters. The molecule has 5 heteroatoms. The molecular weight excluding hydrogens is 266 g/mol. The van der Waals surface area contributed by atoms with Gasteiger partial charge in [0.2, 0.25) is 0 Å². The molecule has 96 valence electrons. The molecule has 0 radical (unpaired) electrons. The normalized spacial score (nSPS) is 24.3. The van der Waals surface area contributed by atoms with Crippen LogP contribution in [0.15, 0.2) is 12.4 Å². The van der Waals surface area contributed by atoms with E-state index in [4.69, 9.17) is 11.6 Å². The molecule has 3 rings (SSSR count). The van der Waals surface area contributed by atoms with Gasteiger partial charge in [-0.1, -0.05) is 0 Å². The molecule has 0 aromatic carbocycles. The van der Waals surface area contributed by atoms with Gasteiger partial charge in [0.1, 0.15) is 17.0 Å². The zero-order valence-electron chi connectivity index (χ0n) is 10.3. The van der Waals surface area contributed by atoms with Crippen LogP contribution in [0.5, 0.6) is 0 Å². The molecule has 2 heterocycles. The van der Waals surface area contributed by atoms with Crippen molar-refractivity contribution < 1.29 is 0 Å². The molecule has 1 aliphatic carbocycles. The van der Waals surface area contributed by atoms with Crippen molar-refractivity contribution in [3.63, 3.8) is 0 Å². The van der Waals surface area contributed by atoms with Crippen LogP contribution in [0.2, 0.25) is 0 Å². The zero-order chi connectivity index (χ0) is 12.5. The minimum Gasteiger partial charge on any atom is -0.367 e. The predicted octanol–water partition coefficient (Wildman–Crippen LogP) is 3.96. The molecule has 1 N–H and O–H groups in total. The topological polar surface area (TPSA) is 37.8 Å². The second kappa shape index (κ2) is 5.02. The predicted molar refractivity (Wildman–Crippen MR) is 77.7 cm³/mol. The monoisotopic (exact) mass is 281 g/mol. The maximum Gasteiger partial charge on any atom is 0.138 e. The number of fused-ring (bicyclic) bond motifs is 1. The second-order valence-corrected chi connectivity index (χ2v) is 6.74. The number of aryl methyl sites for hydroxylation is 1. The minimum atomic E-state index is 0.358. The lowest BCUT2D eigenvalue weighted by atomic mass is 9.95. The number of aromatic nitrogens is 2. The quantitative estimate of drug-likeness (QED) is 0.847. The Bertz CT molecular complexity index is 546. The van der Waals surface area contributed by atoms with Crippen LogP contribution in [-0.2, 0) is 0 Å². The lowest BCUT2D eigenvalue weighted by Gasteiger charge is -2.26. The zero-order valence-corrected chi connectivity index (χ0v) is 11.9. The number of halogens is 1. The first kappa shape index (κ1) is 12.2. The first-order valence-corrected chi connectivity index (χ1v) is 7.59. The van der Waals surface area contributed by atoms with Crippen molar-refractivity contribution >= 4 is 39.0 Å². The summed E-state index contributed by atoms with van der Waals surface area (Å²) >= 11 is 7.85. The number of hydrogen-bond acceptors (Lipinski definition) is 4. The average Bonchev–Trinajstić information content (AvgIpc) is 2.73. The van der Waals surface area contributed by atoms with Gasteiger partial charge in [-0.05, 0) is 38.7 Å². The van der Waals surface area contributed by atoms with Crippen molar-refractivity contribution in [1.82, 2.24) is 9.97 Å². The summed E-state index contributed by atoms with van der Waals surface area (Å²) in [5.74, 6) is 0.974. The van der Waals surface area contributed by atoms with E-state index in [1.807, 2.05) is 0 Å². The third-order valence-corrected chi connectivity index (χ3v) is 4.85. The molecule has 0 spiro atoms. The largest absolute Gasteiger partial charge is 0.367 e. The van der Waals surface area contributed by atoms with Crippen LogP contribution in [-0.4, -0.2) is 21.4 Å². The van der Waals surface area contributed by atoms with Gasteiger partial charge in [-0.25, -0.2) is 9.97 Å². The number of nitrogens with one attached hydrogen (secondary N) is 1. The maximum atomic E-state index is 6.13. The Kier molecular flexibility index (Phi) is 3.39. The van der Waals surface area contributed by atoms with Crippen molar-refractivity contribution in [1.29, 1.82) is 0 Å². The van der Waals surface area contributed by atoms with E-state index >= 15 is 0 Å². The highest BCUT2D eigenvalue weighted by molar-refractivity contribution is 7.18. The summed E-state index contributed by atoms with van der Waals surface area (Å²) in [4.78, 5) is 11.0. The molecule has 0 bridgehead atoms. The van der Waals surface area contributed by atoms with Crippen LogP contribution in [0.1, 0.15) is 30.6 Å². The fourth-order valence-corrected chi connectivity index (χ4v) is 3.58. The lowest BCUT2D eigenvalue weighted by Crippen LogP contribution is -2.26. The van der Waals surface area contributed by atoms with E-state index in [0.717, 1.165) is 41.7 Å². The number of hydrogen-bond donors (Lipinski definition) is 1. The molecule has 1 fully saturated rings. The van der Waals surface area contributed by atoms with Gasteiger partial charge in [0, 0.05) is 16.3 Å². The van der Waals surface area contributed by atoms with E-state index in [0.29, 0.717) is 11.4 Å². The molecule has 3 nitrogen and oxygen atoms in total. The molecule has 1 aliphatic rings. The number of anilines is 1. The fraction of sp³-hybridized carbons (Fsp3) is 0.538. The number of rotatable bonds is 2. The van der Waals surface area contributed by atoms with Gasteiger partial charge in [0.15, 0.2) is 0 Å². The smallest absolute Gasteiger partial charge is 0.138 e. The molecule has 2 aromatic heterocycles. The van der Waals surface area contributed by atoms with Gasteiger partial charge in [-0.2, -0.15) is 0 Å². The number of alkyl halides is 1. The summed E-state index contributed by atoms with van der Waals surface area (Å²) < 4.78 is 0. The molecule has 1 saturated carbocycles. The third-order valence-electron chi connectivity index (χ3n) is 3.45. The molecule has 0 atom stereocenters. The van der Waals surface area contributed by atoms with Crippen molar-refractivity contribution in [2.24, 2.45) is 0 Å². The minimum absolute atomic E-state index is 0.358. The summed E-state index contributed by atoms with van der Waals surface area (Å²) in [7, 11) is 0. The Hall–Kier alpha value is -0.870. The first-order valence-electron chi connectivity index (χ1n) is 6.34. The summed E-state index contributed by atoms with van der Waals surface area (Å²) in [6.45, 7) is 2.11. The fourth-order valence-electron chi connectivity index (χ4n) is 2.48. The Morgan fingerprint density at radius 3 is 2.83 bits per heavy atom. The highest BCUT2D eigenvalue weighted by Crippen LogP contribution is 2.30. The molecule has 0 saturated heterocycles. The van der Waals surface area contributed by atoms with E-state index in [1.54, 1.807) is 17.7 Å². The maximum absolute atomic E-state index is 6.13. The standard InChI is InChI=1S/C13H16ClN3S/c1-8-6-11-12(15-7-16-13(11)18-8)17-10-4-2-9(14)3-5-10/h6-7,9-10H,2-5H2,1H3,(H,15,16,17). The van der Waals surface area contributed by atoms with Gasteiger partial charge < -0.3 is 5.32 Å². The molecule has 2 aromatic rings. The van der Waals surface area contributed by atoms with Crippen LogP contribution in [0, 0.1) is 6.92 Å². The third kappa shape index (κ3) is 2.45. The second-order valence-electron chi connectivity index (χ2n) is 4.89. The molecule has 0 aliphatic heterocycles. The van der Waals surface area contributed by atoms with Crippen LogP contribution < -0.4 is 5.32 Å². The van der Waals surface area contributed by atoms with Gasteiger partial charge in [-0.15, -0.1) is 22.9 Å². The van der Waals surface area contributed by atoms with Crippen LogP contribution >= 0.6 is 22.9 Å². The van der Waals surface area contributed by atoms with Gasteiger partial charge in [0.05, 0.1) is 5.39 Å². The Morgan fingerprint density at radius 2 is 2.06 bits per heavy atom. The average molecular weight is 282 g/mol. The Labute approximate surface area is 116 Å². The highest BCUT2D eigenvalue weighted by Gasteiger charge is 2.20. The van der Waals surface area contributed by atoms with Crippen molar-refractivity contribution in [3.05, 3.63) is 17.3 Å². The van der Waals surface area contributed by atoms with E-state index in [9.17, 15) is 0 Å². The Balaban J connectivity index is 1.82. The highest BCUT2D eigenvalue weighted by atomic mass is 35.5. The van der Waals surface area contributed by atoms with Crippen molar-refractivity contribution in [2.45, 2.75) is 44.0 Å². The molecular formula is C13H16ClN3S. The number of thiophene rings is 1. The van der Waals surface area contributed by atoms with Gasteiger partial charge in [0.25, 0.3) is 0 Å². The molecule has 0 amide bonds. The first-order chi connectivity index (χ1) is 8.72. The van der Waals surface area contributed by atoms with E-state index in [-0.39, 0.29) is 0 Å². The SMILES string of the molecule is Cc1cc2c(NC3CCC(Cl)CC3)ncnc2s1. The summed E-state index contributed by atoms with van der Waals surface area (Å²) in [6, 6.07) is 2.66. The number of nitrogens with zero attached hydrogens (tertiary/aromatic N) is 2. The Morgan fingerprint density at radius 1 is 1.28 bits per heavy atom. The van der Waals surface area contributed by atoms with Gasteiger partial charge >= 0.3 is 0 Å². The van der Waals surface area contributed by atoms with E-state index < -0.39 is 0 Å². The summed E-state index contributed by atoms with van der Waals surface area (Å²) in [5, 5.41) is 5.06. The van der Waals surface area contributed by atoms with Crippen molar-refractivity contribution in [3.8, 4) is 0 Å². The van der Waals surface area contributed by atoms with Crippen LogP contribution in [0.25, 0.3) is 10.2 Å². The van der Waals surface area contributed by atoms with Crippen LogP contribution in [0.3, 0.4) is 0 Å².